The van der Waals surface area contributed by atoms with Crippen LogP contribution in [0.5, 0.6) is 11.5 Å². The molecule has 24 heavy (non-hydrogen) atoms. The molecule has 1 heterocycles. The van der Waals surface area contributed by atoms with Gasteiger partial charge in [0.2, 0.25) is 0 Å². The minimum atomic E-state index is 0.319. The van der Waals surface area contributed by atoms with Crippen LogP contribution in [-0.4, -0.2) is 24.5 Å². The van der Waals surface area contributed by atoms with E-state index in [9.17, 15) is 0 Å². The average Bonchev–Trinajstić information content (AvgIpc) is 2.62. The van der Waals surface area contributed by atoms with Crippen molar-refractivity contribution in [1.82, 2.24) is 4.90 Å². The highest BCUT2D eigenvalue weighted by molar-refractivity contribution is 5.42. The van der Waals surface area contributed by atoms with Crippen molar-refractivity contribution >= 4 is 0 Å². The van der Waals surface area contributed by atoms with E-state index in [-0.39, 0.29) is 0 Å². The number of nitrogens with zero attached hydrogens (tertiary/aromatic N) is 1. The molecule has 0 aromatic heterocycles. The summed E-state index contributed by atoms with van der Waals surface area (Å²) < 4.78 is 6.06. The van der Waals surface area contributed by atoms with E-state index in [1.165, 1.54) is 36.0 Å². The van der Waals surface area contributed by atoms with Gasteiger partial charge >= 0.3 is 0 Å². The highest BCUT2D eigenvalue weighted by Gasteiger charge is 2.20. The van der Waals surface area contributed by atoms with Crippen LogP contribution >= 0.6 is 0 Å². The second kappa shape index (κ2) is 7.82. The molecule has 0 amide bonds. The molecule has 3 rings (SSSR count). The lowest BCUT2D eigenvalue weighted by Gasteiger charge is -2.34. The number of ether oxygens (including phenoxy) is 1. The summed E-state index contributed by atoms with van der Waals surface area (Å²) in [7, 11) is 0. The first-order valence-electron chi connectivity index (χ1n) is 8.97. The number of piperidine rings is 1. The molecule has 0 bridgehead atoms. The van der Waals surface area contributed by atoms with Crippen molar-refractivity contribution in [3.8, 4) is 11.5 Å². The predicted molar refractivity (Wildman–Crippen MR) is 99.7 cm³/mol. The third-order valence-electron chi connectivity index (χ3n) is 5.10. The fraction of sp³-hybridized carbons (Fsp3) is 0.429. The maximum absolute atomic E-state index is 6.06. The van der Waals surface area contributed by atoms with Gasteiger partial charge in [0.25, 0.3) is 0 Å². The standard InChI is InChI=1S/C21H28N2O/c1-16-7-6-8-21(17(16)2)24-19-11-9-18(10-12-19)20(15-22)23-13-4-3-5-14-23/h6-12,20H,3-5,13-15,22H2,1-2H3. The van der Waals surface area contributed by atoms with Crippen LogP contribution in [0.2, 0.25) is 0 Å². The van der Waals surface area contributed by atoms with E-state index in [0.717, 1.165) is 24.6 Å². The molecule has 1 atom stereocenters. The Kier molecular flexibility index (Phi) is 5.54. The first-order chi connectivity index (χ1) is 11.7. The molecule has 1 aliphatic heterocycles. The van der Waals surface area contributed by atoms with Gasteiger partial charge in [-0.3, -0.25) is 4.90 Å². The van der Waals surface area contributed by atoms with Crippen LogP contribution in [-0.2, 0) is 0 Å². The largest absolute Gasteiger partial charge is 0.457 e. The number of aryl methyl sites for hydroxylation is 1. The van der Waals surface area contributed by atoms with Crippen molar-refractivity contribution in [3.05, 3.63) is 59.2 Å². The molecular formula is C21H28N2O. The highest BCUT2D eigenvalue weighted by atomic mass is 16.5. The lowest BCUT2D eigenvalue weighted by molar-refractivity contribution is 0.167. The van der Waals surface area contributed by atoms with Crippen LogP contribution < -0.4 is 10.5 Å². The lowest BCUT2D eigenvalue weighted by atomic mass is 10.0. The topological polar surface area (TPSA) is 38.5 Å². The van der Waals surface area contributed by atoms with E-state index >= 15 is 0 Å². The molecule has 2 aromatic rings. The molecule has 3 nitrogen and oxygen atoms in total. The Morgan fingerprint density at radius 3 is 2.38 bits per heavy atom. The van der Waals surface area contributed by atoms with Crippen molar-refractivity contribution in [3.63, 3.8) is 0 Å². The van der Waals surface area contributed by atoms with Gasteiger partial charge in [0, 0.05) is 12.6 Å². The monoisotopic (exact) mass is 324 g/mol. The number of hydrogen-bond acceptors (Lipinski definition) is 3. The predicted octanol–water partition coefficient (Wildman–Crippen LogP) is 4.58. The van der Waals surface area contributed by atoms with Gasteiger partial charge < -0.3 is 10.5 Å². The fourth-order valence-electron chi connectivity index (χ4n) is 3.45. The van der Waals surface area contributed by atoms with Crippen LogP contribution in [0.3, 0.4) is 0 Å². The average molecular weight is 324 g/mol. The summed E-state index contributed by atoms with van der Waals surface area (Å²) in [5, 5.41) is 0. The molecule has 2 aromatic carbocycles. The summed E-state index contributed by atoms with van der Waals surface area (Å²) in [5.41, 5.74) is 9.78. The molecule has 0 saturated carbocycles. The van der Waals surface area contributed by atoms with Gasteiger partial charge in [0.05, 0.1) is 0 Å². The molecule has 0 spiro atoms. The Balaban J connectivity index is 1.73. The summed E-state index contributed by atoms with van der Waals surface area (Å²) in [6, 6.07) is 14.9. The van der Waals surface area contributed by atoms with Gasteiger partial charge in [-0.25, -0.2) is 0 Å². The normalized spacial score (nSPS) is 16.8. The highest BCUT2D eigenvalue weighted by Crippen LogP contribution is 2.29. The summed E-state index contributed by atoms with van der Waals surface area (Å²) in [5.74, 6) is 1.80. The molecule has 1 saturated heterocycles. The minimum Gasteiger partial charge on any atom is -0.457 e. The molecule has 0 aliphatic carbocycles. The SMILES string of the molecule is Cc1cccc(Oc2ccc(C(CN)N3CCCCC3)cc2)c1C. The first-order valence-corrected chi connectivity index (χ1v) is 8.97. The summed E-state index contributed by atoms with van der Waals surface area (Å²) in [6.45, 7) is 7.18. The molecule has 2 N–H and O–H groups in total. The second-order valence-electron chi connectivity index (χ2n) is 6.72. The quantitative estimate of drug-likeness (QED) is 0.875. The Bertz CT molecular complexity index is 660. The van der Waals surface area contributed by atoms with E-state index in [4.69, 9.17) is 10.5 Å². The van der Waals surface area contributed by atoms with Gasteiger partial charge in [-0.05, 0) is 74.7 Å². The van der Waals surface area contributed by atoms with Crippen LogP contribution in [0.25, 0.3) is 0 Å². The van der Waals surface area contributed by atoms with Gasteiger partial charge in [-0.2, -0.15) is 0 Å². The van der Waals surface area contributed by atoms with Crippen LogP contribution in [0.15, 0.2) is 42.5 Å². The van der Waals surface area contributed by atoms with Crippen molar-refractivity contribution < 1.29 is 4.74 Å². The van der Waals surface area contributed by atoms with Crippen molar-refractivity contribution in [2.24, 2.45) is 5.73 Å². The number of nitrogens with two attached hydrogens (primary N) is 1. The minimum absolute atomic E-state index is 0.319. The zero-order chi connectivity index (χ0) is 16.9. The molecule has 128 valence electrons. The summed E-state index contributed by atoms with van der Waals surface area (Å²) in [6.07, 6.45) is 3.91. The van der Waals surface area contributed by atoms with Gasteiger partial charge in [-0.15, -0.1) is 0 Å². The molecule has 1 fully saturated rings. The summed E-state index contributed by atoms with van der Waals surface area (Å²) >= 11 is 0. The van der Waals surface area contributed by atoms with Crippen molar-refractivity contribution in [1.29, 1.82) is 0 Å². The second-order valence-corrected chi connectivity index (χ2v) is 6.72. The Labute approximate surface area is 145 Å². The zero-order valence-electron chi connectivity index (χ0n) is 14.8. The Hall–Kier alpha value is -1.84. The number of rotatable bonds is 5. The van der Waals surface area contributed by atoms with Gasteiger partial charge in [0.1, 0.15) is 11.5 Å². The molecular weight excluding hydrogens is 296 g/mol. The van der Waals surface area contributed by atoms with Crippen LogP contribution in [0, 0.1) is 13.8 Å². The fourth-order valence-corrected chi connectivity index (χ4v) is 3.45. The molecule has 1 unspecified atom stereocenters. The van der Waals surface area contributed by atoms with Crippen molar-refractivity contribution in [2.45, 2.75) is 39.2 Å². The van der Waals surface area contributed by atoms with Gasteiger partial charge in [0.15, 0.2) is 0 Å². The van der Waals surface area contributed by atoms with E-state index in [1.807, 2.05) is 12.1 Å². The smallest absolute Gasteiger partial charge is 0.130 e. The maximum Gasteiger partial charge on any atom is 0.130 e. The van der Waals surface area contributed by atoms with E-state index in [1.54, 1.807) is 0 Å². The Morgan fingerprint density at radius 1 is 1.00 bits per heavy atom. The number of hydrogen-bond donors (Lipinski definition) is 1. The van der Waals surface area contributed by atoms with E-state index < -0.39 is 0 Å². The van der Waals surface area contributed by atoms with Gasteiger partial charge in [-0.1, -0.05) is 30.7 Å². The molecule has 1 aliphatic rings. The van der Waals surface area contributed by atoms with Crippen LogP contribution in [0.4, 0.5) is 0 Å². The Morgan fingerprint density at radius 2 is 1.71 bits per heavy atom. The van der Waals surface area contributed by atoms with E-state index in [0.29, 0.717) is 12.6 Å². The first kappa shape index (κ1) is 17.0. The lowest BCUT2D eigenvalue weighted by Crippen LogP contribution is -2.37. The molecule has 3 heteroatoms. The number of likely N-dealkylation sites (tertiary alicyclic amines) is 1. The van der Waals surface area contributed by atoms with Crippen LogP contribution in [0.1, 0.15) is 42.0 Å². The summed E-state index contributed by atoms with van der Waals surface area (Å²) in [4.78, 5) is 2.52. The zero-order valence-corrected chi connectivity index (χ0v) is 14.8. The maximum atomic E-state index is 6.06. The third kappa shape index (κ3) is 3.80. The molecule has 0 radical (unpaired) electrons. The third-order valence-corrected chi connectivity index (χ3v) is 5.10. The van der Waals surface area contributed by atoms with Crippen molar-refractivity contribution in [2.75, 3.05) is 19.6 Å². The number of benzene rings is 2. The van der Waals surface area contributed by atoms with E-state index in [2.05, 4.69) is 49.1 Å².